The second-order valence-corrected chi connectivity index (χ2v) is 3.43. The van der Waals surface area contributed by atoms with Gasteiger partial charge in [0.1, 0.15) is 5.50 Å². The van der Waals surface area contributed by atoms with Crippen molar-refractivity contribution >= 4 is 24.0 Å². The van der Waals surface area contributed by atoms with Crippen molar-refractivity contribution < 1.29 is 0 Å². The Morgan fingerprint density at radius 3 is 2.85 bits per heavy atom. The van der Waals surface area contributed by atoms with Crippen molar-refractivity contribution in [3.63, 3.8) is 0 Å². The number of nitrogens with zero attached hydrogens (tertiary/aromatic N) is 1. The van der Waals surface area contributed by atoms with E-state index in [-0.39, 0.29) is 17.9 Å². The third-order valence-corrected chi connectivity index (χ3v) is 2.24. The average molecular weight is 223 g/mol. The van der Waals surface area contributed by atoms with E-state index >= 15 is 0 Å². The highest BCUT2D eigenvalue weighted by Gasteiger charge is 2.11. The van der Waals surface area contributed by atoms with Crippen LogP contribution in [-0.4, -0.2) is 23.5 Å². The monoisotopic (exact) mass is 222 g/mol. The standard InChI is InChI=1S/C9H15ClN2.ClH/c1-8-3-6-12(5-2-4-11)9(10)7-8;/h3,6-7,9H,2,4-5,11H2,1H3;1H. The minimum Gasteiger partial charge on any atom is -0.358 e. The third-order valence-electron chi connectivity index (χ3n) is 1.87. The summed E-state index contributed by atoms with van der Waals surface area (Å²) in [5.74, 6) is 0. The predicted octanol–water partition coefficient (Wildman–Crippen LogP) is 2.10. The molecule has 1 aliphatic rings. The minimum absolute atomic E-state index is 0. The molecule has 1 heterocycles. The molecule has 0 saturated heterocycles. The fraction of sp³-hybridized carbons (Fsp3) is 0.556. The Balaban J connectivity index is 0.00000144. The number of nitrogens with two attached hydrogens (primary N) is 1. The molecule has 0 spiro atoms. The van der Waals surface area contributed by atoms with Crippen molar-refractivity contribution in [3.8, 4) is 0 Å². The zero-order valence-electron chi connectivity index (χ0n) is 7.74. The van der Waals surface area contributed by atoms with E-state index in [9.17, 15) is 0 Å². The van der Waals surface area contributed by atoms with Crippen LogP contribution in [0.3, 0.4) is 0 Å². The van der Waals surface area contributed by atoms with Crippen molar-refractivity contribution in [1.29, 1.82) is 0 Å². The maximum atomic E-state index is 6.07. The first-order chi connectivity index (χ1) is 5.74. The molecule has 1 aliphatic heterocycles. The van der Waals surface area contributed by atoms with Crippen LogP contribution < -0.4 is 5.73 Å². The van der Waals surface area contributed by atoms with E-state index < -0.39 is 0 Å². The molecule has 2 nitrogen and oxygen atoms in total. The van der Waals surface area contributed by atoms with Gasteiger partial charge < -0.3 is 10.6 Å². The average Bonchev–Trinajstić information content (AvgIpc) is 2.03. The van der Waals surface area contributed by atoms with Crippen molar-refractivity contribution in [3.05, 3.63) is 23.9 Å². The second-order valence-electron chi connectivity index (χ2n) is 2.98. The normalized spacial score (nSPS) is 21.0. The van der Waals surface area contributed by atoms with Gasteiger partial charge in [-0.15, -0.1) is 12.4 Å². The van der Waals surface area contributed by atoms with E-state index in [1.807, 2.05) is 19.2 Å². The van der Waals surface area contributed by atoms with E-state index in [0.29, 0.717) is 0 Å². The quantitative estimate of drug-likeness (QED) is 0.586. The number of rotatable bonds is 3. The summed E-state index contributed by atoms with van der Waals surface area (Å²) in [5.41, 5.74) is 6.63. The molecule has 0 aromatic carbocycles. The van der Waals surface area contributed by atoms with Gasteiger partial charge in [-0.2, -0.15) is 0 Å². The molecule has 0 amide bonds. The Kier molecular flexibility index (Phi) is 6.21. The number of allylic oxidation sites excluding steroid dienone is 2. The second kappa shape index (κ2) is 6.30. The lowest BCUT2D eigenvalue weighted by molar-refractivity contribution is 0.375. The predicted molar refractivity (Wildman–Crippen MR) is 60.2 cm³/mol. The molecule has 2 N–H and O–H groups in total. The molecule has 0 radical (unpaired) electrons. The summed E-state index contributed by atoms with van der Waals surface area (Å²) in [4.78, 5) is 2.08. The van der Waals surface area contributed by atoms with Crippen LogP contribution in [0.25, 0.3) is 0 Å². The molecule has 1 unspecified atom stereocenters. The molecule has 0 bridgehead atoms. The van der Waals surface area contributed by atoms with Crippen LogP contribution in [0, 0.1) is 0 Å². The molecule has 0 aliphatic carbocycles. The van der Waals surface area contributed by atoms with Gasteiger partial charge in [0.2, 0.25) is 0 Å². The summed E-state index contributed by atoms with van der Waals surface area (Å²) < 4.78 is 0. The highest BCUT2D eigenvalue weighted by molar-refractivity contribution is 6.21. The van der Waals surface area contributed by atoms with Gasteiger partial charge in [-0.05, 0) is 32.0 Å². The van der Waals surface area contributed by atoms with Crippen LogP contribution in [0.2, 0.25) is 0 Å². The van der Waals surface area contributed by atoms with Gasteiger partial charge in [-0.3, -0.25) is 0 Å². The Morgan fingerprint density at radius 1 is 1.62 bits per heavy atom. The molecule has 1 rings (SSSR count). The molecule has 0 fully saturated rings. The summed E-state index contributed by atoms with van der Waals surface area (Å²) in [6, 6.07) is 0. The van der Waals surface area contributed by atoms with E-state index in [1.54, 1.807) is 0 Å². The molecule has 4 heteroatoms. The van der Waals surface area contributed by atoms with Gasteiger partial charge in [0.05, 0.1) is 0 Å². The van der Waals surface area contributed by atoms with Crippen molar-refractivity contribution in [2.24, 2.45) is 5.73 Å². The first-order valence-corrected chi connectivity index (χ1v) is 4.64. The van der Waals surface area contributed by atoms with Crippen LogP contribution in [0.4, 0.5) is 0 Å². The first kappa shape index (κ1) is 12.8. The molecule has 76 valence electrons. The summed E-state index contributed by atoms with van der Waals surface area (Å²) in [7, 11) is 0. The van der Waals surface area contributed by atoms with E-state index in [0.717, 1.165) is 19.5 Å². The van der Waals surface area contributed by atoms with Crippen LogP contribution in [0.15, 0.2) is 23.9 Å². The third kappa shape index (κ3) is 4.03. The summed E-state index contributed by atoms with van der Waals surface area (Å²) in [6.07, 6.45) is 7.12. The fourth-order valence-corrected chi connectivity index (χ4v) is 1.50. The Morgan fingerprint density at radius 2 is 2.31 bits per heavy atom. The number of hydrogen-bond donors (Lipinski definition) is 1. The summed E-state index contributed by atoms with van der Waals surface area (Å²) >= 11 is 6.07. The molecule has 1 atom stereocenters. The molecule has 0 saturated carbocycles. The van der Waals surface area contributed by atoms with E-state index in [4.69, 9.17) is 17.3 Å². The lowest BCUT2D eigenvalue weighted by Crippen LogP contribution is -2.28. The van der Waals surface area contributed by atoms with Gasteiger partial charge >= 0.3 is 0 Å². The van der Waals surface area contributed by atoms with Crippen LogP contribution >= 0.6 is 24.0 Å². The number of hydrogen-bond acceptors (Lipinski definition) is 2. The van der Waals surface area contributed by atoms with Gasteiger partial charge in [0.15, 0.2) is 0 Å². The lowest BCUT2D eigenvalue weighted by Gasteiger charge is -2.26. The highest BCUT2D eigenvalue weighted by Crippen LogP contribution is 2.16. The number of alkyl halides is 1. The van der Waals surface area contributed by atoms with Gasteiger partial charge in [0.25, 0.3) is 0 Å². The van der Waals surface area contributed by atoms with Crippen LogP contribution in [-0.2, 0) is 0 Å². The Bertz CT molecular complexity index is 202. The van der Waals surface area contributed by atoms with Crippen molar-refractivity contribution in [2.45, 2.75) is 18.8 Å². The molecule has 13 heavy (non-hydrogen) atoms. The summed E-state index contributed by atoms with van der Waals surface area (Å²) in [6.45, 7) is 3.70. The molecule has 0 aromatic heterocycles. The maximum Gasteiger partial charge on any atom is 0.123 e. The van der Waals surface area contributed by atoms with Crippen LogP contribution in [0.5, 0.6) is 0 Å². The largest absolute Gasteiger partial charge is 0.358 e. The Hall–Kier alpha value is -0.180. The topological polar surface area (TPSA) is 29.3 Å². The van der Waals surface area contributed by atoms with Crippen LogP contribution in [0.1, 0.15) is 13.3 Å². The van der Waals surface area contributed by atoms with E-state index in [1.165, 1.54) is 5.57 Å². The zero-order valence-corrected chi connectivity index (χ0v) is 9.31. The highest BCUT2D eigenvalue weighted by atomic mass is 35.5. The lowest BCUT2D eigenvalue weighted by atomic mass is 10.2. The summed E-state index contributed by atoms with van der Waals surface area (Å²) in [5, 5.41) is 0. The van der Waals surface area contributed by atoms with Gasteiger partial charge in [0, 0.05) is 12.7 Å². The maximum absolute atomic E-state index is 6.07. The molecular formula is C9H16Cl2N2. The van der Waals surface area contributed by atoms with Crippen molar-refractivity contribution in [2.75, 3.05) is 13.1 Å². The van der Waals surface area contributed by atoms with Crippen molar-refractivity contribution in [1.82, 2.24) is 4.90 Å². The first-order valence-electron chi connectivity index (χ1n) is 4.20. The SMILES string of the molecule is CC1=CC(Cl)N(CCCN)C=C1.Cl. The Labute approximate surface area is 90.8 Å². The van der Waals surface area contributed by atoms with E-state index in [2.05, 4.69) is 11.0 Å². The smallest absolute Gasteiger partial charge is 0.123 e. The van der Waals surface area contributed by atoms with Gasteiger partial charge in [-0.25, -0.2) is 0 Å². The number of halogens is 2. The minimum atomic E-state index is 0. The molecular weight excluding hydrogens is 207 g/mol. The zero-order chi connectivity index (χ0) is 8.97. The fourth-order valence-electron chi connectivity index (χ4n) is 1.14. The molecule has 0 aromatic rings. The van der Waals surface area contributed by atoms with Gasteiger partial charge in [-0.1, -0.05) is 17.2 Å².